The highest BCUT2D eigenvalue weighted by Crippen LogP contribution is 2.29. The van der Waals surface area contributed by atoms with Crippen molar-refractivity contribution in [1.29, 1.82) is 0 Å². The Hall–Kier alpha value is -2.24. The van der Waals surface area contributed by atoms with Crippen LogP contribution in [-0.2, 0) is 6.42 Å². The van der Waals surface area contributed by atoms with Gasteiger partial charge in [-0.25, -0.2) is 0 Å². The second-order valence-corrected chi connectivity index (χ2v) is 5.80. The van der Waals surface area contributed by atoms with Gasteiger partial charge in [-0.05, 0) is 43.0 Å². The maximum atomic E-state index is 10.2. The molecular weight excluding hydrogens is 306 g/mol. The summed E-state index contributed by atoms with van der Waals surface area (Å²) in [6.07, 6.45) is 1.12. The van der Waals surface area contributed by atoms with Crippen molar-refractivity contribution in [3.8, 4) is 17.2 Å². The van der Waals surface area contributed by atoms with E-state index >= 15 is 0 Å². The van der Waals surface area contributed by atoms with Crippen LogP contribution < -0.4 is 15.2 Å². The van der Waals surface area contributed by atoms with E-state index < -0.39 is 6.10 Å². The van der Waals surface area contributed by atoms with E-state index in [1.807, 2.05) is 18.2 Å². The molecule has 0 spiro atoms. The minimum atomic E-state index is -0.772. The minimum absolute atomic E-state index is 0.0945. The monoisotopic (exact) mass is 331 g/mol. The van der Waals surface area contributed by atoms with Crippen molar-refractivity contribution in [3.63, 3.8) is 0 Å². The molecule has 5 nitrogen and oxygen atoms in total. The molecule has 0 aliphatic carbocycles. The number of phenolic OH excluding ortho intramolecular Hbond substituents is 1. The molecule has 0 radical (unpaired) electrons. The van der Waals surface area contributed by atoms with Gasteiger partial charge < -0.3 is 25.4 Å². The van der Waals surface area contributed by atoms with Crippen LogP contribution >= 0.6 is 0 Å². The van der Waals surface area contributed by atoms with E-state index in [0.29, 0.717) is 23.5 Å². The number of phenols is 1. The fraction of sp³-hybridized carbons (Fsp3) is 0.368. The molecule has 4 N–H and O–H groups in total. The van der Waals surface area contributed by atoms with E-state index in [0.717, 1.165) is 18.4 Å². The lowest BCUT2D eigenvalue weighted by Crippen LogP contribution is -2.23. The molecule has 0 saturated heterocycles. The van der Waals surface area contributed by atoms with Crippen molar-refractivity contribution in [3.05, 3.63) is 53.6 Å². The first-order valence-electron chi connectivity index (χ1n) is 7.97. The molecule has 2 aromatic rings. The summed E-state index contributed by atoms with van der Waals surface area (Å²) >= 11 is 0. The fourth-order valence-electron chi connectivity index (χ4n) is 2.69. The number of methoxy groups -OCH3 is 2. The van der Waals surface area contributed by atoms with Gasteiger partial charge in [-0.15, -0.1) is 0 Å². The number of rotatable bonds is 8. The summed E-state index contributed by atoms with van der Waals surface area (Å²) in [6, 6.07) is 12.4. The lowest BCUT2D eigenvalue weighted by Gasteiger charge is -2.18. The van der Waals surface area contributed by atoms with Crippen LogP contribution in [0, 0.1) is 0 Å². The predicted octanol–water partition coefficient (Wildman–Crippen LogP) is 2.79. The number of hydrogen-bond donors (Lipinski definition) is 3. The van der Waals surface area contributed by atoms with Gasteiger partial charge in [-0.1, -0.05) is 24.3 Å². The molecule has 130 valence electrons. The van der Waals surface area contributed by atoms with Gasteiger partial charge in [0.2, 0.25) is 0 Å². The molecule has 0 aliphatic heterocycles. The molecule has 2 aromatic carbocycles. The van der Waals surface area contributed by atoms with Gasteiger partial charge in [0, 0.05) is 11.6 Å². The zero-order valence-electron chi connectivity index (χ0n) is 14.1. The van der Waals surface area contributed by atoms with Crippen molar-refractivity contribution in [2.75, 3.05) is 14.2 Å². The number of aryl methyl sites for hydroxylation is 1. The highest BCUT2D eigenvalue weighted by molar-refractivity contribution is 5.43. The van der Waals surface area contributed by atoms with Crippen molar-refractivity contribution in [2.45, 2.75) is 31.4 Å². The Bertz CT molecular complexity index is 660. The van der Waals surface area contributed by atoms with Crippen molar-refractivity contribution >= 4 is 0 Å². The average molecular weight is 331 g/mol. The van der Waals surface area contributed by atoms with Gasteiger partial charge in [0.25, 0.3) is 0 Å². The molecule has 2 unspecified atom stereocenters. The summed E-state index contributed by atoms with van der Waals surface area (Å²) in [4.78, 5) is 0. The molecular formula is C19H25NO4. The summed E-state index contributed by atoms with van der Waals surface area (Å²) in [7, 11) is 3.21. The maximum absolute atomic E-state index is 10.2. The van der Waals surface area contributed by atoms with Crippen LogP contribution in [0.25, 0.3) is 0 Å². The number of ether oxygens (including phenoxy) is 2. The lowest BCUT2D eigenvalue weighted by atomic mass is 9.97. The second kappa shape index (κ2) is 8.57. The minimum Gasteiger partial charge on any atom is -0.508 e. The lowest BCUT2D eigenvalue weighted by molar-refractivity contribution is 0.153. The number of benzene rings is 2. The van der Waals surface area contributed by atoms with Crippen molar-refractivity contribution in [2.24, 2.45) is 5.73 Å². The first-order valence-corrected chi connectivity index (χ1v) is 7.97. The zero-order chi connectivity index (χ0) is 17.5. The average Bonchev–Trinajstić information content (AvgIpc) is 2.59. The van der Waals surface area contributed by atoms with Gasteiger partial charge in [0.05, 0.1) is 20.3 Å². The quantitative estimate of drug-likeness (QED) is 0.692. The number of hydrogen-bond acceptors (Lipinski definition) is 5. The van der Waals surface area contributed by atoms with Crippen LogP contribution in [0.4, 0.5) is 0 Å². The summed E-state index contributed by atoms with van der Waals surface area (Å²) in [5.74, 6) is 1.48. The zero-order valence-corrected chi connectivity index (χ0v) is 14.1. The van der Waals surface area contributed by atoms with Crippen LogP contribution in [-0.4, -0.2) is 30.5 Å². The second-order valence-electron chi connectivity index (χ2n) is 5.80. The van der Waals surface area contributed by atoms with Gasteiger partial charge in [0.15, 0.2) is 11.5 Å². The molecule has 0 fully saturated rings. The molecule has 24 heavy (non-hydrogen) atoms. The Balaban J connectivity index is 1.91. The summed E-state index contributed by atoms with van der Waals surface area (Å²) in [5, 5.41) is 20.0. The van der Waals surface area contributed by atoms with Gasteiger partial charge >= 0.3 is 0 Å². The predicted molar refractivity (Wildman–Crippen MR) is 93.5 cm³/mol. The largest absolute Gasteiger partial charge is 0.508 e. The SMILES string of the molecule is COc1ccc(CCC(N)CC(O)c2ccccc2O)cc1OC. The van der Waals surface area contributed by atoms with E-state index in [-0.39, 0.29) is 11.8 Å². The molecule has 0 saturated carbocycles. The summed E-state index contributed by atoms with van der Waals surface area (Å²) in [5.41, 5.74) is 7.75. The van der Waals surface area contributed by atoms with E-state index in [2.05, 4.69) is 0 Å². The highest BCUT2D eigenvalue weighted by Gasteiger charge is 2.16. The smallest absolute Gasteiger partial charge is 0.160 e. The van der Waals surface area contributed by atoms with Crippen molar-refractivity contribution < 1.29 is 19.7 Å². The molecule has 0 aromatic heterocycles. The molecule has 2 atom stereocenters. The first kappa shape index (κ1) is 18.1. The standard InChI is InChI=1S/C19H25NO4/c1-23-18-10-8-13(11-19(18)24-2)7-9-14(20)12-17(22)15-5-3-4-6-16(15)21/h3-6,8,10-11,14,17,21-22H,7,9,12,20H2,1-2H3. The third kappa shape index (κ3) is 4.63. The van der Waals surface area contributed by atoms with E-state index in [1.165, 1.54) is 0 Å². The number of para-hydroxylation sites is 1. The molecule has 0 aliphatic rings. The molecule has 5 heteroatoms. The number of aliphatic hydroxyl groups excluding tert-OH is 1. The van der Waals surface area contributed by atoms with Crippen molar-refractivity contribution in [1.82, 2.24) is 0 Å². The Kier molecular flexibility index (Phi) is 6.46. The third-order valence-corrected chi connectivity index (χ3v) is 4.07. The summed E-state index contributed by atoms with van der Waals surface area (Å²) in [6.45, 7) is 0. The number of aromatic hydroxyl groups is 1. The Morgan fingerprint density at radius 1 is 1.04 bits per heavy atom. The van der Waals surface area contributed by atoms with Crippen LogP contribution in [0.15, 0.2) is 42.5 Å². The molecule has 0 heterocycles. The molecule has 0 bridgehead atoms. The van der Waals surface area contributed by atoms with Crippen LogP contribution in [0.2, 0.25) is 0 Å². The fourth-order valence-corrected chi connectivity index (χ4v) is 2.69. The third-order valence-electron chi connectivity index (χ3n) is 4.07. The normalized spacial score (nSPS) is 13.3. The Morgan fingerprint density at radius 2 is 1.75 bits per heavy atom. The van der Waals surface area contributed by atoms with E-state index in [9.17, 15) is 10.2 Å². The summed E-state index contributed by atoms with van der Waals surface area (Å²) < 4.78 is 10.5. The Labute approximate surface area is 142 Å². The highest BCUT2D eigenvalue weighted by atomic mass is 16.5. The number of aliphatic hydroxyl groups is 1. The molecule has 2 rings (SSSR count). The topological polar surface area (TPSA) is 84.9 Å². The maximum Gasteiger partial charge on any atom is 0.160 e. The molecule has 0 amide bonds. The van der Waals surface area contributed by atoms with Gasteiger partial charge in [-0.3, -0.25) is 0 Å². The first-order chi connectivity index (χ1) is 11.5. The van der Waals surface area contributed by atoms with E-state index in [1.54, 1.807) is 38.5 Å². The Morgan fingerprint density at radius 3 is 2.42 bits per heavy atom. The number of nitrogens with two attached hydrogens (primary N) is 1. The van der Waals surface area contributed by atoms with Crippen LogP contribution in [0.1, 0.15) is 30.1 Å². The van der Waals surface area contributed by atoms with Gasteiger partial charge in [0.1, 0.15) is 5.75 Å². The van der Waals surface area contributed by atoms with Gasteiger partial charge in [-0.2, -0.15) is 0 Å². The van der Waals surface area contributed by atoms with Crippen LogP contribution in [0.5, 0.6) is 17.2 Å². The van der Waals surface area contributed by atoms with E-state index in [4.69, 9.17) is 15.2 Å². The van der Waals surface area contributed by atoms with Crippen LogP contribution in [0.3, 0.4) is 0 Å².